The van der Waals surface area contributed by atoms with Crippen LogP contribution < -0.4 is 10.2 Å². The molecule has 0 aliphatic carbocycles. The number of aromatic nitrogens is 2. The van der Waals surface area contributed by atoms with Crippen LogP contribution in [-0.2, 0) is 0 Å². The van der Waals surface area contributed by atoms with Gasteiger partial charge in [-0.3, -0.25) is 10.1 Å². The van der Waals surface area contributed by atoms with E-state index in [-0.39, 0.29) is 18.3 Å². The molecule has 0 saturated carbocycles. The zero-order valence-electron chi connectivity index (χ0n) is 10.9. The van der Waals surface area contributed by atoms with Crippen LogP contribution in [0.25, 0.3) is 0 Å². The molecule has 0 radical (unpaired) electrons. The number of halogens is 3. The number of nitrogens with zero attached hydrogens (tertiary/aromatic N) is 4. The first kappa shape index (κ1) is 15.9. The van der Waals surface area contributed by atoms with Crippen molar-refractivity contribution in [1.82, 2.24) is 9.97 Å². The van der Waals surface area contributed by atoms with E-state index in [0.717, 1.165) is 11.1 Å². The molecule has 1 aromatic rings. The summed E-state index contributed by atoms with van der Waals surface area (Å²) in [6.45, 7) is 0.373. The summed E-state index contributed by atoms with van der Waals surface area (Å²) >= 11 is 0. The van der Waals surface area contributed by atoms with Crippen LogP contribution in [-0.4, -0.2) is 41.2 Å². The van der Waals surface area contributed by atoms with E-state index in [1.54, 1.807) is 6.92 Å². The van der Waals surface area contributed by atoms with Crippen LogP contribution in [0.3, 0.4) is 0 Å². The molecule has 0 aliphatic rings. The van der Waals surface area contributed by atoms with Gasteiger partial charge in [-0.05, 0) is 6.42 Å². The van der Waals surface area contributed by atoms with E-state index in [4.69, 9.17) is 0 Å². The molecule has 0 aromatic carbocycles. The molecule has 1 rings (SSSR count). The lowest BCUT2D eigenvalue weighted by atomic mass is 10.3. The topological polar surface area (TPSA) is 84.2 Å². The number of rotatable bonds is 6. The Kier molecular flexibility index (Phi) is 5.06. The molecule has 0 bridgehead atoms. The van der Waals surface area contributed by atoms with Crippen LogP contribution in [0.5, 0.6) is 0 Å². The first-order valence-corrected chi connectivity index (χ1v) is 5.79. The Morgan fingerprint density at radius 2 is 2.15 bits per heavy atom. The molecule has 10 heteroatoms. The summed E-state index contributed by atoms with van der Waals surface area (Å²) in [5.74, 6) is -0.317. The Balaban J connectivity index is 3.25. The van der Waals surface area contributed by atoms with Crippen LogP contribution in [0, 0.1) is 10.1 Å². The molecule has 0 aliphatic heterocycles. The molecule has 0 saturated heterocycles. The molecule has 0 amide bonds. The summed E-state index contributed by atoms with van der Waals surface area (Å²) in [5, 5.41) is 13.4. The molecule has 7 nitrogen and oxygen atoms in total. The average Bonchev–Trinajstić information content (AvgIpc) is 2.35. The van der Waals surface area contributed by atoms with E-state index in [2.05, 4.69) is 15.3 Å². The fraction of sp³-hybridized carbons (Fsp3) is 0.600. The van der Waals surface area contributed by atoms with Gasteiger partial charge < -0.3 is 10.2 Å². The van der Waals surface area contributed by atoms with Crippen molar-refractivity contribution >= 4 is 17.5 Å². The maximum atomic E-state index is 12.6. The second-order valence-electron chi connectivity index (χ2n) is 3.95. The van der Waals surface area contributed by atoms with Gasteiger partial charge in [-0.25, -0.2) is 4.98 Å². The summed E-state index contributed by atoms with van der Waals surface area (Å²) in [4.78, 5) is 18.4. The van der Waals surface area contributed by atoms with Crippen LogP contribution in [0.2, 0.25) is 0 Å². The highest BCUT2D eigenvalue weighted by Gasteiger charge is 2.34. The summed E-state index contributed by atoms with van der Waals surface area (Å²) in [7, 11) is 1.47. The number of nitro groups is 1. The third kappa shape index (κ3) is 4.21. The zero-order valence-corrected chi connectivity index (χ0v) is 10.9. The van der Waals surface area contributed by atoms with Crippen molar-refractivity contribution in [3.8, 4) is 0 Å². The summed E-state index contributed by atoms with van der Waals surface area (Å²) < 4.78 is 37.7. The number of anilines is 2. The first-order chi connectivity index (χ1) is 9.28. The van der Waals surface area contributed by atoms with Gasteiger partial charge in [0, 0.05) is 13.6 Å². The predicted octanol–water partition coefficient (Wildman–Crippen LogP) is 2.21. The molecule has 20 heavy (non-hydrogen) atoms. The Morgan fingerprint density at radius 3 is 2.60 bits per heavy atom. The maximum Gasteiger partial charge on any atom is 0.405 e. The lowest BCUT2D eigenvalue weighted by Gasteiger charge is -2.24. The average molecular weight is 293 g/mol. The van der Waals surface area contributed by atoms with Gasteiger partial charge in [0.15, 0.2) is 0 Å². The third-order valence-corrected chi connectivity index (χ3v) is 2.33. The van der Waals surface area contributed by atoms with E-state index in [1.165, 1.54) is 7.05 Å². The minimum atomic E-state index is -4.48. The molecule has 0 spiro atoms. The Labute approximate surface area is 113 Å². The molecule has 1 aromatic heterocycles. The fourth-order valence-electron chi connectivity index (χ4n) is 1.59. The standard InChI is InChI=1S/C10H14F3N5O2/c1-3-4-17(6-10(11,12)13)8-7(18(19)20)5-15-9(14-2)16-8/h5H,3-4,6H2,1-2H3,(H,14,15,16). The zero-order chi connectivity index (χ0) is 15.3. The monoisotopic (exact) mass is 293 g/mol. The smallest absolute Gasteiger partial charge is 0.357 e. The van der Waals surface area contributed by atoms with Gasteiger partial charge in [-0.1, -0.05) is 6.92 Å². The van der Waals surface area contributed by atoms with Gasteiger partial charge in [0.25, 0.3) is 0 Å². The van der Waals surface area contributed by atoms with E-state index in [1.807, 2.05) is 0 Å². The molecule has 1 heterocycles. The molecular weight excluding hydrogens is 279 g/mol. The van der Waals surface area contributed by atoms with Crippen LogP contribution in [0.15, 0.2) is 6.20 Å². The van der Waals surface area contributed by atoms with Crippen molar-refractivity contribution in [2.75, 3.05) is 30.4 Å². The Bertz CT molecular complexity index is 480. The normalized spacial score (nSPS) is 11.2. The molecule has 1 N–H and O–H groups in total. The second kappa shape index (κ2) is 6.35. The third-order valence-electron chi connectivity index (χ3n) is 2.33. The van der Waals surface area contributed by atoms with Crippen LogP contribution in [0.1, 0.15) is 13.3 Å². The lowest BCUT2D eigenvalue weighted by molar-refractivity contribution is -0.384. The number of hydrogen-bond acceptors (Lipinski definition) is 6. The van der Waals surface area contributed by atoms with E-state index in [9.17, 15) is 23.3 Å². The maximum absolute atomic E-state index is 12.6. The minimum Gasteiger partial charge on any atom is -0.357 e. The lowest BCUT2D eigenvalue weighted by Crippen LogP contribution is -2.36. The van der Waals surface area contributed by atoms with Crippen molar-refractivity contribution in [2.45, 2.75) is 19.5 Å². The van der Waals surface area contributed by atoms with Crippen molar-refractivity contribution in [2.24, 2.45) is 0 Å². The summed E-state index contributed by atoms with van der Waals surface area (Å²) in [6.07, 6.45) is -3.19. The highest BCUT2D eigenvalue weighted by atomic mass is 19.4. The molecule has 0 fully saturated rings. The highest BCUT2D eigenvalue weighted by Crippen LogP contribution is 2.29. The van der Waals surface area contributed by atoms with Gasteiger partial charge in [0.2, 0.25) is 11.8 Å². The minimum absolute atomic E-state index is 0.000514. The van der Waals surface area contributed by atoms with Crippen molar-refractivity contribution in [3.63, 3.8) is 0 Å². The van der Waals surface area contributed by atoms with Gasteiger partial charge in [0.05, 0.1) is 4.92 Å². The van der Waals surface area contributed by atoms with E-state index in [0.29, 0.717) is 6.42 Å². The summed E-state index contributed by atoms with van der Waals surface area (Å²) in [5.41, 5.74) is -0.554. The number of nitrogens with one attached hydrogen (secondary N) is 1. The molecule has 0 atom stereocenters. The highest BCUT2D eigenvalue weighted by molar-refractivity contribution is 5.59. The number of alkyl halides is 3. The summed E-state index contributed by atoms with van der Waals surface area (Å²) in [6, 6.07) is 0. The Morgan fingerprint density at radius 1 is 1.50 bits per heavy atom. The van der Waals surface area contributed by atoms with Gasteiger partial charge in [-0.2, -0.15) is 18.2 Å². The van der Waals surface area contributed by atoms with Crippen LogP contribution in [0.4, 0.5) is 30.6 Å². The largest absolute Gasteiger partial charge is 0.405 e. The van der Waals surface area contributed by atoms with Crippen LogP contribution >= 0.6 is 0 Å². The molecule has 112 valence electrons. The van der Waals surface area contributed by atoms with Crippen molar-refractivity contribution in [1.29, 1.82) is 0 Å². The molecular formula is C10H14F3N5O2. The Hall–Kier alpha value is -2.13. The first-order valence-electron chi connectivity index (χ1n) is 5.79. The van der Waals surface area contributed by atoms with Gasteiger partial charge in [-0.15, -0.1) is 0 Å². The number of hydrogen-bond donors (Lipinski definition) is 1. The van der Waals surface area contributed by atoms with Crippen molar-refractivity contribution < 1.29 is 18.1 Å². The van der Waals surface area contributed by atoms with Crippen molar-refractivity contribution in [3.05, 3.63) is 16.3 Å². The molecule has 0 unspecified atom stereocenters. The van der Waals surface area contributed by atoms with Gasteiger partial charge in [0.1, 0.15) is 12.7 Å². The second-order valence-corrected chi connectivity index (χ2v) is 3.95. The van der Waals surface area contributed by atoms with E-state index >= 15 is 0 Å². The fourth-order valence-corrected chi connectivity index (χ4v) is 1.59. The predicted molar refractivity (Wildman–Crippen MR) is 66.8 cm³/mol. The quantitative estimate of drug-likeness (QED) is 0.639. The van der Waals surface area contributed by atoms with E-state index < -0.39 is 23.3 Å². The van der Waals surface area contributed by atoms with Gasteiger partial charge >= 0.3 is 11.9 Å². The SMILES string of the molecule is CCCN(CC(F)(F)F)c1nc(NC)ncc1[N+](=O)[O-].